The molecule has 3 rings (SSSR count). The number of hydrogen-bond acceptors (Lipinski definition) is 4. The molecule has 1 amide bonds. The minimum Gasteiger partial charge on any atom is -0.497 e. The summed E-state index contributed by atoms with van der Waals surface area (Å²) in [6, 6.07) is 13.5. The van der Waals surface area contributed by atoms with E-state index in [9.17, 15) is 9.59 Å². The van der Waals surface area contributed by atoms with Crippen LogP contribution < -0.4 is 15.6 Å². The molecule has 6 nitrogen and oxygen atoms in total. The van der Waals surface area contributed by atoms with E-state index in [1.807, 2.05) is 13.0 Å². The number of aromatic nitrogens is 2. The Kier molecular flexibility index (Phi) is 4.79. The molecule has 6 heteroatoms. The van der Waals surface area contributed by atoms with E-state index < -0.39 is 6.04 Å². The molecule has 0 saturated carbocycles. The molecule has 128 valence electrons. The van der Waals surface area contributed by atoms with Gasteiger partial charge in [-0.1, -0.05) is 19.1 Å². The van der Waals surface area contributed by atoms with Gasteiger partial charge < -0.3 is 10.1 Å². The second-order valence-electron chi connectivity index (χ2n) is 5.62. The zero-order valence-corrected chi connectivity index (χ0v) is 14.1. The molecule has 0 aliphatic heterocycles. The van der Waals surface area contributed by atoms with Crippen LogP contribution in [-0.2, 0) is 4.79 Å². The average Bonchev–Trinajstić information content (AvgIpc) is 2.65. The Morgan fingerprint density at radius 2 is 1.92 bits per heavy atom. The number of anilines is 1. The summed E-state index contributed by atoms with van der Waals surface area (Å²) < 4.78 is 6.49. The number of nitrogens with zero attached hydrogens (tertiary/aromatic N) is 2. The summed E-state index contributed by atoms with van der Waals surface area (Å²) in [5.74, 6) is 0.451. The van der Waals surface area contributed by atoms with E-state index in [2.05, 4.69) is 10.3 Å². The van der Waals surface area contributed by atoms with E-state index in [-0.39, 0.29) is 11.5 Å². The summed E-state index contributed by atoms with van der Waals surface area (Å²) >= 11 is 0. The van der Waals surface area contributed by atoms with Crippen LogP contribution in [0.15, 0.2) is 59.7 Å². The SMILES string of the molecule is CCC(C(=O)Nc1ccc(OC)cc1)n1cnc2ccccc2c1=O. The molecule has 2 aromatic carbocycles. The Hall–Kier alpha value is -3.15. The number of amides is 1. The van der Waals surface area contributed by atoms with Crippen LogP contribution in [0, 0.1) is 0 Å². The number of methoxy groups -OCH3 is 1. The molecule has 0 aliphatic carbocycles. The van der Waals surface area contributed by atoms with Gasteiger partial charge in [0.05, 0.1) is 24.3 Å². The number of hydrogen-bond donors (Lipinski definition) is 1. The van der Waals surface area contributed by atoms with Gasteiger partial charge in [-0.2, -0.15) is 0 Å². The molecule has 3 aromatic rings. The number of ether oxygens (including phenoxy) is 1. The first kappa shape index (κ1) is 16.7. The standard InChI is InChI=1S/C19H19N3O3/c1-3-17(18(23)21-13-8-10-14(25-2)11-9-13)22-12-20-16-7-5-4-6-15(16)19(22)24/h4-12,17H,3H2,1-2H3,(H,21,23). The average molecular weight is 337 g/mol. The molecular weight excluding hydrogens is 318 g/mol. The summed E-state index contributed by atoms with van der Waals surface area (Å²) in [5.41, 5.74) is 1.04. The van der Waals surface area contributed by atoms with Crippen LogP contribution in [0.25, 0.3) is 10.9 Å². The Balaban J connectivity index is 1.89. The maximum atomic E-state index is 12.7. The fraction of sp³-hybridized carbons (Fsp3) is 0.211. The predicted octanol–water partition coefficient (Wildman–Crippen LogP) is 2.99. The van der Waals surface area contributed by atoms with E-state index in [0.717, 1.165) is 0 Å². The topological polar surface area (TPSA) is 73.2 Å². The van der Waals surface area contributed by atoms with Crippen molar-refractivity contribution < 1.29 is 9.53 Å². The van der Waals surface area contributed by atoms with Gasteiger partial charge >= 0.3 is 0 Å². The zero-order chi connectivity index (χ0) is 17.8. The quantitative estimate of drug-likeness (QED) is 0.777. The third-order valence-corrected chi connectivity index (χ3v) is 4.07. The minimum atomic E-state index is -0.633. The Morgan fingerprint density at radius 1 is 1.20 bits per heavy atom. The van der Waals surface area contributed by atoms with Crippen molar-refractivity contribution in [2.45, 2.75) is 19.4 Å². The Bertz CT molecular complexity index is 948. The molecule has 1 atom stereocenters. The van der Waals surface area contributed by atoms with Crippen molar-refractivity contribution in [3.8, 4) is 5.75 Å². The van der Waals surface area contributed by atoms with Crippen LogP contribution in [0.2, 0.25) is 0 Å². The number of carbonyl (C=O) groups excluding carboxylic acids is 1. The van der Waals surface area contributed by atoms with Gasteiger partial charge in [-0.05, 0) is 42.8 Å². The summed E-state index contributed by atoms with van der Waals surface area (Å²) in [4.78, 5) is 29.6. The van der Waals surface area contributed by atoms with Gasteiger partial charge in [-0.15, -0.1) is 0 Å². The van der Waals surface area contributed by atoms with Crippen molar-refractivity contribution in [3.05, 3.63) is 65.2 Å². The van der Waals surface area contributed by atoms with Crippen LogP contribution in [-0.4, -0.2) is 22.6 Å². The first-order chi connectivity index (χ1) is 12.1. The van der Waals surface area contributed by atoms with Crippen LogP contribution in [0.5, 0.6) is 5.75 Å². The van der Waals surface area contributed by atoms with Crippen molar-refractivity contribution in [2.24, 2.45) is 0 Å². The summed E-state index contributed by atoms with van der Waals surface area (Å²) in [6.45, 7) is 1.86. The molecule has 0 aliphatic rings. The number of rotatable bonds is 5. The molecule has 0 radical (unpaired) electrons. The molecule has 1 N–H and O–H groups in total. The van der Waals surface area contributed by atoms with Crippen molar-refractivity contribution in [3.63, 3.8) is 0 Å². The molecule has 1 aromatic heterocycles. The van der Waals surface area contributed by atoms with Gasteiger partial charge in [0.25, 0.3) is 5.56 Å². The van der Waals surface area contributed by atoms with Crippen LogP contribution in [0.1, 0.15) is 19.4 Å². The molecule has 1 heterocycles. The van der Waals surface area contributed by atoms with Crippen molar-refractivity contribution in [1.82, 2.24) is 9.55 Å². The third-order valence-electron chi connectivity index (χ3n) is 4.07. The van der Waals surface area contributed by atoms with Crippen molar-refractivity contribution in [1.29, 1.82) is 0 Å². The van der Waals surface area contributed by atoms with E-state index >= 15 is 0 Å². The maximum absolute atomic E-state index is 12.7. The lowest BCUT2D eigenvalue weighted by Crippen LogP contribution is -2.33. The molecular formula is C19H19N3O3. The van der Waals surface area contributed by atoms with Gasteiger partial charge in [0.15, 0.2) is 0 Å². The van der Waals surface area contributed by atoms with Crippen LogP contribution in [0.4, 0.5) is 5.69 Å². The second kappa shape index (κ2) is 7.17. The predicted molar refractivity (Wildman–Crippen MR) is 97.0 cm³/mol. The van der Waals surface area contributed by atoms with Crippen molar-refractivity contribution >= 4 is 22.5 Å². The molecule has 0 saturated heterocycles. The first-order valence-electron chi connectivity index (χ1n) is 8.05. The summed E-state index contributed by atoms with van der Waals surface area (Å²) in [5, 5.41) is 3.34. The van der Waals surface area contributed by atoms with Gasteiger partial charge in [-0.3, -0.25) is 14.2 Å². The highest BCUT2D eigenvalue weighted by Crippen LogP contribution is 2.18. The summed E-state index contributed by atoms with van der Waals surface area (Å²) in [7, 11) is 1.58. The lowest BCUT2D eigenvalue weighted by Gasteiger charge is -2.18. The number of nitrogens with one attached hydrogen (secondary N) is 1. The Morgan fingerprint density at radius 3 is 2.60 bits per heavy atom. The monoisotopic (exact) mass is 337 g/mol. The highest BCUT2D eigenvalue weighted by atomic mass is 16.5. The van der Waals surface area contributed by atoms with E-state index in [4.69, 9.17) is 4.74 Å². The van der Waals surface area contributed by atoms with E-state index in [1.54, 1.807) is 49.6 Å². The number of fused-ring (bicyclic) bond motifs is 1. The molecule has 1 unspecified atom stereocenters. The number of para-hydroxylation sites is 1. The minimum absolute atomic E-state index is 0.220. The fourth-order valence-corrected chi connectivity index (χ4v) is 2.71. The van der Waals surface area contributed by atoms with Gasteiger partial charge in [-0.25, -0.2) is 4.98 Å². The maximum Gasteiger partial charge on any atom is 0.261 e. The number of benzene rings is 2. The van der Waals surface area contributed by atoms with Gasteiger partial charge in [0.1, 0.15) is 11.8 Å². The van der Waals surface area contributed by atoms with E-state index in [1.165, 1.54) is 10.9 Å². The highest BCUT2D eigenvalue weighted by Gasteiger charge is 2.21. The Labute approximate surface area is 145 Å². The highest BCUT2D eigenvalue weighted by molar-refractivity contribution is 5.94. The second-order valence-corrected chi connectivity index (χ2v) is 5.62. The smallest absolute Gasteiger partial charge is 0.261 e. The van der Waals surface area contributed by atoms with Gasteiger partial charge in [0, 0.05) is 5.69 Å². The molecule has 25 heavy (non-hydrogen) atoms. The van der Waals surface area contributed by atoms with E-state index in [0.29, 0.717) is 28.8 Å². The van der Waals surface area contributed by atoms with Crippen molar-refractivity contribution in [2.75, 3.05) is 12.4 Å². The molecule has 0 bridgehead atoms. The number of carbonyl (C=O) groups is 1. The van der Waals surface area contributed by atoms with Gasteiger partial charge in [0.2, 0.25) is 5.91 Å². The lowest BCUT2D eigenvalue weighted by atomic mass is 10.1. The first-order valence-corrected chi connectivity index (χ1v) is 8.05. The van der Waals surface area contributed by atoms with Crippen LogP contribution in [0.3, 0.4) is 0 Å². The molecule has 0 spiro atoms. The fourth-order valence-electron chi connectivity index (χ4n) is 2.71. The largest absolute Gasteiger partial charge is 0.497 e. The molecule has 0 fully saturated rings. The lowest BCUT2D eigenvalue weighted by molar-refractivity contribution is -0.119. The third kappa shape index (κ3) is 3.38. The summed E-state index contributed by atoms with van der Waals surface area (Å²) in [6.07, 6.45) is 1.91. The zero-order valence-electron chi connectivity index (χ0n) is 14.1. The van der Waals surface area contributed by atoms with Crippen LogP contribution >= 0.6 is 0 Å². The normalized spacial score (nSPS) is 11.9.